The lowest BCUT2D eigenvalue weighted by Crippen LogP contribution is -2.08. The number of rotatable bonds is 6. The average molecular weight is 402 g/mol. The first-order valence-corrected chi connectivity index (χ1v) is 9.52. The van der Waals surface area contributed by atoms with Crippen LogP contribution in [-0.2, 0) is 4.74 Å². The third-order valence-corrected chi connectivity index (χ3v) is 4.68. The lowest BCUT2D eigenvalue weighted by atomic mass is 9.99. The molecule has 0 unspecified atom stereocenters. The second-order valence-corrected chi connectivity index (χ2v) is 7.01. The maximum absolute atomic E-state index is 12.0. The molecule has 0 aliphatic heterocycles. The second kappa shape index (κ2) is 8.41. The van der Waals surface area contributed by atoms with Crippen LogP contribution in [-0.4, -0.2) is 30.4 Å². The standard InChI is InChI=1S/C18H17BClN3O3S/c1-3-25-17(24)11-4-5-13(20)14(6-11)26-15-7-12(19)8-21-16(15)23-18-22-10(2)9-27-18/h4-9H,3,19H2,1-2H3,(H,21,22,23). The van der Waals surface area contributed by atoms with E-state index in [1.165, 1.54) is 11.3 Å². The largest absolute Gasteiger partial charge is 0.462 e. The minimum absolute atomic E-state index is 0.292. The van der Waals surface area contributed by atoms with Crippen molar-refractivity contribution >= 4 is 53.2 Å². The van der Waals surface area contributed by atoms with E-state index in [9.17, 15) is 4.79 Å². The Morgan fingerprint density at radius 3 is 2.85 bits per heavy atom. The summed E-state index contributed by atoms with van der Waals surface area (Å²) in [5, 5.41) is 6.18. The van der Waals surface area contributed by atoms with Crippen LogP contribution in [0.25, 0.3) is 0 Å². The van der Waals surface area contributed by atoms with Gasteiger partial charge in [0.1, 0.15) is 13.6 Å². The zero-order chi connectivity index (χ0) is 19.4. The average Bonchev–Trinajstić information content (AvgIpc) is 3.04. The number of nitrogens with zero attached hydrogens (tertiary/aromatic N) is 2. The van der Waals surface area contributed by atoms with E-state index in [1.807, 2.05) is 26.2 Å². The fourth-order valence-corrected chi connectivity index (χ4v) is 3.11. The molecular weight excluding hydrogens is 385 g/mol. The molecule has 0 spiro atoms. The fourth-order valence-electron chi connectivity index (χ4n) is 2.27. The highest BCUT2D eigenvalue weighted by Gasteiger charge is 2.14. The Balaban J connectivity index is 1.91. The molecule has 2 heterocycles. The summed E-state index contributed by atoms with van der Waals surface area (Å²) in [5.74, 6) is 0.893. The number of anilines is 2. The number of ether oxygens (including phenoxy) is 2. The van der Waals surface area contributed by atoms with Gasteiger partial charge in [-0.1, -0.05) is 17.1 Å². The quantitative estimate of drug-likeness (QED) is 0.503. The summed E-state index contributed by atoms with van der Waals surface area (Å²) < 4.78 is 11.0. The zero-order valence-electron chi connectivity index (χ0n) is 15.1. The van der Waals surface area contributed by atoms with Gasteiger partial charge in [0.05, 0.1) is 22.9 Å². The predicted molar refractivity (Wildman–Crippen MR) is 110 cm³/mol. The number of carbonyl (C=O) groups excluding carboxylic acids is 1. The SMILES string of the molecule is Bc1cnc(Nc2nc(C)cs2)c(Oc2cc(C(=O)OCC)ccc2Cl)c1. The zero-order valence-corrected chi connectivity index (χ0v) is 16.6. The first kappa shape index (κ1) is 19.2. The molecule has 0 radical (unpaired) electrons. The molecule has 0 saturated heterocycles. The van der Waals surface area contributed by atoms with Crippen LogP contribution in [0.15, 0.2) is 35.8 Å². The Labute approximate surface area is 166 Å². The molecule has 0 saturated carbocycles. The molecular formula is C18H17BClN3O3S. The summed E-state index contributed by atoms with van der Waals surface area (Å²) in [7, 11) is 1.91. The lowest BCUT2D eigenvalue weighted by molar-refractivity contribution is 0.0526. The molecule has 0 aliphatic rings. The molecule has 9 heteroatoms. The number of thiazole rings is 1. The molecule has 0 atom stereocenters. The van der Waals surface area contributed by atoms with E-state index in [-0.39, 0.29) is 0 Å². The van der Waals surface area contributed by atoms with Gasteiger partial charge in [0.15, 0.2) is 16.7 Å². The molecule has 3 rings (SSSR count). The van der Waals surface area contributed by atoms with Gasteiger partial charge < -0.3 is 14.8 Å². The third-order valence-electron chi connectivity index (χ3n) is 3.50. The third kappa shape index (κ3) is 4.78. The maximum Gasteiger partial charge on any atom is 0.338 e. The van der Waals surface area contributed by atoms with E-state index in [1.54, 1.807) is 31.3 Å². The summed E-state index contributed by atoms with van der Waals surface area (Å²) in [4.78, 5) is 20.7. The van der Waals surface area contributed by atoms with Crippen molar-refractivity contribution in [3.8, 4) is 11.5 Å². The van der Waals surface area contributed by atoms with Crippen LogP contribution in [0, 0.1) is 6.92 Å². The normalized spacial score (nSPS) is 10.5. The Bertz CT molecular complexity index is 980. The highest BCUT2D eigenvalue weighted by Crippen LogP contribution is 2.34. The first-order valence-electron chi connectivity index (χ1n) is 8.26. The number of benzene rings is 1. The maximum atomic E-state index is 12.0. The Morgan fingerprint density at radius 1 is 1.33 bits per heavy atom. The minimum Gasteiger partial charge on any atom is -0.462 e. The van der Waals surface area contributed by atoms with Crippen molar-refractivity contribution in [3.63, 3.8) is 0 Å². The predicted octanol–water partition coefficient (Wildman–Crippen LogP) is 3.47. The van der Waals surface area contributed by atoms with Crippen LogP contribution in [0.1, 0.15) is 23.0 Å². The summed E-state index contributed by atoms with van der Waals surface area (Å²) >= 11 is 7.73. The number of pyridine rings is 1. The number of hydrogen-bond acceptors (Lipinski definition) is 7. The van der Waals surface area contributed by atoms with E-state index in [2.05, 4.69) is 15.3 Å². The van der Waals surface area contributed by atoms with Crippen LogP contribution in [0.2, 0.25) is 5.02 Å². The number of nitrogens with one attached hydrogen (secondary N) is 1. The summed E-state index contributed by atoms with van der Waals surface area (Å²) in [6.07, 6.45) is 1.73. The smallest absolute Gasteiger partial charge is 0.338 e. The van der Waals surface area contributed by atoms with Gasteiger partial charge in [-0.15, -0.1) is 11.3 Å². The van der Waals surface area contributed by atoms with E-state index in [0.717, 1.165) is 11.2 Å². The molecule has 0 fully saturated rings. The Morgan fingerprint density at radius 2 is 2.15 bits per heavy atom. The summed E-state index contributed by atoms with van der Waals surface area (Å²) in [6, 6.07) is 6.59. The van der Waals surface area contributed by atoms with Crippen molar-refractivity contribution in [2.24, 2.45) is 0 Å². The summed E-state index contributed by atoms with van der Waals surface area (Å²) in [5.41, 5.74) is 2.20. The van der Waals surface area contributed by atoms with E-state index in [0.29, 0.717) is 39.6 Å². The van der Waals surface area contributed by atoms with E-state index in [4.69, 9.17) is 21.1 Å². The molecule has 0 aliphatic carbocycles. The van der Waals surface area contributed by atoms with Crippen LogP contribution >= 0.6 is 22.9 Å². The molecule has 1 N–H and O–H groups in total. The van der Waals surface area contributed by atoms with Crippen molar-refractivity contribution < 1.29 is 14.3 Å². The van der Waals surface area contributed by atoms with Crippen molar-refractivity contribution in [2.75, 3.05) is 11.9 Å². The van der Waals surface area contributed by atoms with Gasteiger partial charge in [-0.05, 0) is 38.1 Å². The van der Waals surface area contributed by atoms with Crippen LogP contribution in [0.4, 0.5) is 10.9 Å². The molecule has 27 heavy (non-hydrogen) atoms. The molecule has 138 valence electrons. The number of esters is 1. The molecule has 0 bridgehead atoms. The van der Waals surface area contributed by atoms with Gasteiger partial charge in [0.2, 0.25) is 0 Å². The van der Waals surface area contributed by atoms with Gasteiger partial charge in [0, 0.05) is 11.6 Å². The Hall–Kier alpha value is -2.58. The lowest BCUT2D eigenvalue weighted by Gasteiger charge is -2.13. The number of aromatic nitrogens is 2. The monoisotopic (exact) mass is 401 g/mol. The first-order chi connectivity index (χ1) is 13.0. The second-order valence-electron chi connectivity index (χ2n) is 5.75. The molecule has 1 aromatic carbocycles. The fraction of sp³-hybridized carbons (Fsp3) is 0.167. The van der Waals surface area contributed by atoms with Crippen molar-refractivity contribution in [1.82, 2.24) is 9.97 Å². The highest BCUT2D eigenvalue weighted by molar-refractivity contribution is 7.13. The number of halogens is 1. The van der Waals surface area contributed by atoms with E-state index >= 15 is 0 Å². The number of carbonyl (C=O) groups is 1. The molecule has 6 nitrogen and oxygen atoms in total. The Kier molecular flexibility index (Phi) is 5.98. The van der Waals surface area contributed by atoms with Crippen LogP contribution in [0.5, 0.6) is 11.5 Å². The van der Waals surface area contributed by atoms with Crippen molar-refractivity contribution in [1.29, 1.82) is 0 Å². The number of hydrogen-bond donors (Lipinski definition) is 1. The molecule has 3 aromatic rings. The van der Waals surface area contributed by atoms with Crippen LogP contribution in [0.3, 0.4) is 0 Å². The number of aryl methyl sites for hydroxylation is 1. The summed E-state index contributed by atoms with van der Waals surface area (Å²) in [6.45, 7) is 3.96. The van der Waals surface area contributed by atoms with Gasteiger partial charge in [-0.3, -0.25) is 0 Å². The van der Waals surface area contributed by atoms with Crippen LogP contribution < -0.4 is 15.5 Å². The topological polar surface area (TPSA) is 73.3 Å². The van der Waals surface area contributed by atoms with Gasteiger partial charge in [0.25, 0.3) is 0 Å². The highest BCUT2D eigenvalue weighted by atomic mass is 35.5. The van der Waals surface area contributed by atoms with Crippen molar-refractivity contribution in [2.45, 2.75) is 13.8 Å². The molecule has 2 aromatic heterocycles. The van der Waals surface area contributed by atoms with Crippen molar-refractivity contribution in [3.05, 3.63) is 52.1 Å². The molecule has 0 amide bonds. The van der Waals surface area contributed by atoms with E-state index < -0.39 is 5.97 Å². The minimum atomic E-state index is -0.432. The van der Waals surface area contributed by atoms with Gasteiger partial charge in [-0.2, -0.15) is 0 Å². The van der Waals surface area contributed by atoms with Gasteiger partial charge >= 0.3 is 5.97 Å². The van der Waals surface area contributed by atoms with Gasteiger partial charge in [-0.25, -0.2) is 14.8 Å².